The van der Waals surface area contributed by atoms with Gasteiger partial charge in [0.25, 0.3) is 0 Å². The van der Waals surface area contributed by atoms with Gasteiger partial charge in [-0.05, 0) is 36.5 Å². The maximum absolute atomic E-state index is 10.4. The highest BCUT2D eigenvalue weighted by Crippen LogP contribution is 2.29. The van der Waals surface area contributed by atoms with E-state index in [1.807, 2.05) is 29.1 Å². The van der Waals surface area contributed by atoms with Crippen molar-refractivity contribution in [3.05, 3.63) is 52.8 Å². The van der Waals surface area contributed by atoms with E-state index in [9.17, 15) is 5.11 Å². The van der Waals surface area contributed by atoms with Crippen LogP contribution in [0.1, 0.15) is 18.4 Å². The molecule has 132 valence electrons. The van der Waals surface area contributed by atoms with Gasteiger partial charge in [0.1, 0.15) is 12.4 Å². The lowest BCUT2D eigenvalue weighted by Gasteiger charge is -2.21. The number of aliphatic hydroxyl groups excluding tert-OH is 1. The molecule has 4 rings (SSSR count). The van der Waals surface area contributed by atoms with Gasteiger partial charge in [0, 0.05) is 30.9 Å². The minimum absolute atomic E-state index is 0.106. The summed E-state index contributed by atoms with van der Waals surface area (Å²) in [6.45, 7) is 2.12. The summed E-state index contributed by atoms with van der Waals surface area (Å²) in [7, 11) is 0. The van der Waals surface area contributed by atoms with Gasteiger partial charge in [0.05, 0.1) is 17.3 Å². The molecule has 1 unspecified atom stereocenters. The summed E-state index contributed by atoms with van der Waals surface area (Å²) in [6.07, 6.45) is 7.05. The third kappa shape index (κ3) is 3.89. The van der Waals surface area contributed by atoms with E-state index < -0.39 is 0 Å². The molecule has 2 heterocycles. The third-order valence-electron chi connectivity index (χ3n) is 4.96. The van der Waals surface area contributed by atoms with E-state index >= 15 is 0 Å². The lowest BCUT2D eigenvalue weighted by Crippen LogP contribution is -2.37. The van der Waals surface area contributed by atoms with E-state index in [1.165, 1.54) is 5.57 Å². The number of rotatable bonds is 5. The molecule has 0 radical (unpaired) electrons. The van der Waals surface area contributed by atoms with Gasteiger partial charge < -0.3 is 15.2 Å². The van der Waals surface area contributed by atoms with Crippen LogP contribution in [0, 0.1) is 5.92 Å². The van der Waals surface area contributed by atoms with Crippen molar-refractivity contribution in [3.8, 4) is 5.75 Å². The van der Waals surface area contributed by atoms with Crippen molar-refractivity contribution < 1.29 is 9.84 Å². The van der Waals surface area contributed by atoms with E-state index in [1.54, 1.807) is 6.20 Å². The highest BCUT2D eigenvalue weighted by Gasteiger charge is 2.33. The lowest BCUT2D eigenvalue weighted by molar-refractivity contribution is 0.147. The van der Waals surface area contributed by atoms with Gasteiger partial charge in [0.15, 0.2) is 0 Å². The Morgan fingerprint density at radius 2 is 2.20 bits per heavy atom. The van der Waals surface area contributed by atoms with Crippen LogP contribution < -0.4 is 10.1 Å². The summed E-state index contributed by atoms with van der Waals surface area (Å²) in [6, 6.07) is 8.15. The van der Waals surface area contributed by atoms with E-state index in [0.29, 0.717) is 17.5 Å². The number of nitrogens with one attached hydrogen (secondary N) is 1. The first-order valence-electron chi connectivity index (χ1n) is 8.68. The van der Waals surface area contributed by atoms with Crippen LogP contribution in [0.15, 0.2) is 42.2 Å². The van der Waals surface area contributed by atoms with Crippen LogP contribution in [-0.2, 0) is 6.54 Å². The predicted molar refractivity (Wildman–Crippen MR) is 97.7 cm³/mol. The number of hydrogen-bond donors (Lipinski definition) is 2. The van der Waals surface area contributed by atoms with Gasteiger partial charge in [-0.25, -0.2) is 0 Å². The molecule has 6 heteroatoms. The second kappa shape index (κ2) is 7.20. The number of para-hydroxylation sites is 1. The molecule has 1 saturated carbocycles. The average Bonchev–Trinajstić information content (AvgIpc) is 3.18. The Kier molecular flexibility index (Phi) is 4.79. The Bertz CT molecular complexity index is 774. The number of fused-ring (bicyclic) bond motifs is 1. The summed E-state index contributed by atoms with van der Waals surface area (Å²) >= 11 is 5.91. The minimum atomic E-state index is -0.326. The first kappa shape index (κ1) is 16.6. The van der Waals surface area contributed by atoms with Gasteiger partial charge in [0.2, 0.25) is 0 Å². The monoisotopic (exact) mass is 359 g/mol. The van der Waals surface area contributed by atoms with Crippen LogP contribution in [-0.4, -0.2) is 40.2 Å². The second-order valence-electron chi connectivity index (χ2n) is 6.90. The molecule has 2 N–H and O–H groups in total. The predicted octanol–water partition coefficient (Wildman–Crippen LogP) is 2.74. The summed E-state index contributed by atoms with van der Waals surface area (Å²) in [5.74, 6) is 1.34. The van der Waals surface area contributed by atoms with Crippen molar-refractivity contribution in [2.24, 2.45) is 5.92 Å². The number of benzene rings is 1. The fraction of sp³-hybridized carbons (Fsp3) is 0.421. The van der Waals surface area contributed by atoms with Crippen LogP contribution in [0.2, 0.25) is 5.02 Å². The zero-order chi connectivity index (χ0) is 17.2. The zero-order valence-corrected chi connectivity index (χ0v) is 14.7. The number of aliphatic hydroxyl groups is 1. The maximum atomic E-state index is 10.4. The molecule has 0 saturated heterocycles. The number of aromatic nitrogens is 2. The lowest BCUT2D eigenvalue weighted by atomic mass is 10.1. The van der Waals surface area contributed by atoms with Gasteiger partial charge >= 0.3 is 0 Å². The largest absolute Gasteiger partial charge is 0.489 e. The first-order chi connectivity index (χ1) is 12.2. The van der Waals surface area contributed by atoms with Crippen molar-refractivity contribution in [1.29, 1.82) is 0 Å². The van der Waals surface area contributed by atoms with Crippen molar-refractivity contribution in [1.82, 2.24) is 15.1 Å². The standard InChI is InChI=1S/C19H22ClN3O2/c20-16-9-22-23(11-16)10-13-6-17(18(24)7-13)21-8-14-5-15-3-1-2-4-19(15)25-12-14/h1-5,9,11,13,17-18,21,24H,6-8,10,12H2/t13?,17-,18-/m1/s1. The molecule has 5 nitrogen and oxygen atoms in total. The molecule has 1 aromatic heterocycles. The fourth-order valence-electron chi connectivity index (χ4n) is 3.72. The van der Waals surface area contributed by atoms with Gasteiger partial charge in [-0.2, -0.15) is 5.10 Å². The number of hydrogen-bond acceptors (Lipinski definition) is 4. The third-order valence-corrected chi connectivity index (χ3v) is 5.15. The Hall–Kier alpha value is -1.82. The smallest absolute Gasteiger partial charge is 0.127 e. The fourth-order valence-corrected chi connectivity index (χ4v) is 3.87. The van der Waals surface area contributed by atoms with Crippen LogP contribution in [0.3, 0.4) is 0 Å². The average molecular weight is 360 g/mol. The maximum Gasteiger partial charge on any atom is 0.127 e. The van der Waals surface area contributed by atoms with Crippen LogP contribution >= 0.6 is 11.6 Å². The number of nitrogens with zero attached hydrogens (tertiary/aromatic N) is 2. The van der Waals surface area contributed by atoms with Gasteiger partial charge in [-0.1, -0.05) is 29.8 Å². The molecule has 2 aliphatic rings. The van der Waals surface area contributed by atoms with E-state index in [2.05, 4.69) is 22.6 Å². The van der Waals surface area contributed by atoms with E-state index in [-0.39, 0.29) is 12.1 Å². The Morgan fingerprint density at radius 3 is 3.04 bits per heavy atom. The molecule has 1 fully saturated rings. The second-order valence-corrected chi connectivity index (χ2v) is 7.34. The molecular weight excluding hydrogens is 338 g/mol. The summed E-state index contributed by atoms with van der Waals surface area (Å²) in [5.41, 5.74) is 2.32. The molecular formula is C19H22ClN3O2. The highest BCUT2D eigenvalue weighted by molar-refractivity contribution is 6.30. The quantitative estimate of drug-likeness (QED) is 0.861. The van der Waals surface area contributed by atoms with Crippen LogP contribution in [0.25, 0.3) is 6.08 Å². The summed E-state index contributed by atoms with van der Waals surface area (Å²) < 4.78 is 7.64. The normalized spacial score (nSPS) is 25.4. The Morgan fingerprint density at radius 1 is 1.32 bits per heavy atom. The molecule has 3 atom stereocenters. The zero-order valence-electron chi connectivity index (χ0n) is 13.9. The molecule has 25 heavy (non-hydrogen) atoms. The Balaban J connectivity index is 1.32. The molecule has 2 aromatic rings. The molecule has 0 spiro atoms. The van der Waals surface area contributed by atoms with Crippen molar-refractivity contribution >= 4 is 17.7 Å². The molecule has 1 aliphatic heterocycles. The number of halogens is 1. The highest BCUT2D eigenvalue weighted by atomic mass is 35.5. The molecule has 1 aromatic carbocycles. The molecule has 0 bridgehead atoms. The van der Waals surface area contributed by atoms with Crippen LogP contribution in [0.4, 0.5) is 0 Å². The summed E-state index contributed by atoms with van der Waals surface area (Å²) in [5, 5.41) is 18.7. The van der Waals surface area contributed by atoms with Gasteiger partial charge in [-0.15, -0.1) is 0 Å². The van der Waals surface area contributed by atoms with Crippen LogP contribution in [0.5, 0.6) is 5.75 Å². The van der Waals surface area contributed by atoms with Gasteiger partial charge in [-0.3, -0.25) is 4.68 Å². The minimum Gasteiger partial charge on any atom is -0.489 e. The molecule has 1 aliphatic carbocycles. The molecule has 0 amide bonds. The SMILES string of the molecule is O[C@@H]1CC(Cn2cc(Cl)cn2)C[C@H]1NCC1=Cc2ccccc2OC1. The van der Waals surface area contributed by atoms with Crippen molar-refractivity contribution in [2.45, 2.75) is 31.5 Å². The van der Waals surface area contributed by atoms with Crippen molar-refractivity contribution in [3.63, 3.8) is 0 Å². The topological polar surface area (TPSA) is 59.3 Å². The summed E-state index contributed by atoms with van der Waals surface area (Å²) in [4.78, 5) is 0. The van der Waals surface area contributed by atoms with E-state index in [4.69, 9.17) is 16.3 Å². The number of ether oxygens (including phenoxy) is 1. The van der Waals surface area contributed by atoms with Crippen molar-refractivity contribution in [2.75, 3.05) is 13.2 Å². The van der Waals surface area contributed by atoms with E-state index in [0.717, 1.165) is 37.2 Å². The first-order valence-corrected chi connectivity index (χ1v) is 9.06. The Labute approximate surface area is 152 Å².